The Labute approximate surface area is 93.9 Å². The number of hydrogen-bond donors (Lipinski definition) is 1. The monoisotopic (exact) mass is 226 g/mol. The van der Waals surface area contributed by atoms with E-state index in [-0.39, 0.29) is 18.0 Å². The molecule has 4 heteroatoms. The van der Waals surface area contributed by atoms with E-state index >= 15 is 0 Å². The van der Waals surface area contributed by atoms with Gasteiger partial charge in [-0.05, 0) is 18.9 Å². The average molecular weight is 226 g/mol. The largest absolute Gasteiger partial charge is 0.469 e. The van der Waals surface area contributed by atoms with Gasteiger partial charge in [-0.3, -0.25) is 4.79 Å². The minimum atomic E-state index is -0.870. The van der Waals surface area contributed by atoms with Crippen LogP contribution in [0, 0.1) is 5.82 Å². The molecule has 0 aliphatic rings. The van der Waals surface area contributed by atoms with Crippen LogP contribution in [-0.2, 0) is 9.53 Å². The Balaban J connectivity index is 2.44. The standard InChI is InChI=1S/C12H15FO3/c1-16-12(15)8-4-7-11(14)9-5-2-3-6-10(9)13/h2-3,5-6,11,14H,4,7-8H2,1H3. The molecule has 1 aromatic carbocycles. The zero-order valence-corrected chi connectivity index (χ0v) is 9.15. The first-order chi connectivity index (χ1) is 7.65. The Kier molecular flexibility index (Phi) is 4.92. The van der Waals surface area contributed by atoms with E-state index < -0.39 is 11.9 Å². The van der Waals surface area contributed by atoms with Crippen molar-refractivity contribution in [3.8, 4) is 0 Å². The molecule has 0 bridgehead atoms. The highest BCUT2D eigenvalue weighted by Crippen LogP contribution is 2.21. The van der Waals surface area contributed by atoms with Gasteiger partial charge in [-0.15, -0.1) is 0 Å². The Morgan fingerprint density at radius 2 is 2.19 bits per heavy atom. The van der Waals surface area contributed by atoms with E-state index in [1.54, 1.807) is 12.1 Å². The van der Waals surface area contributed by atoms with Crippen LogP contribution in [-0.4, -0.2) is 18.2 Å². The smallest absolute Gasteiger partial charge is 0.305 e. The number of aliphatic hydroxyl groups excluding tert-OH is 1. The molecule has 88 valence electrons. The van der Waals surface area contributed by atoms with Crippen LogP contribution in [0.3, 0.4) is 0 Å². The third-order valence-electron chi connectivity index (χ3n) is 2.35. The molecular weight excluding hydrogens is 211 g/mol. The van der Waals surface area contributed by atoms with Gasteiger partial charge in [0.05, 0.1) is 13.2 Å². The summed E-state index contributed by atoms with van der Waals surface area (Å²) in [7, 11) is 1.32. The highest BCUT2D eigenvalue weighted by Gasteiger charge is 2.12. The molecule has 0 fully saturated rings. The molecule has 0 amide bonds. The van der Waals surface area contributed by atoms with Crippen molar-refractivity contribution in [3.05, 3.63) is 35.6 Å². The number of hydrogen-bond acceptors (Lipinski definition) is 3. The summed E-state index contributed by atoms with van der Waals surface area (Å²) in [5.41, 5.74) is 0.271. The summed E-state index contributed by atoms with van der Waals surface area (Å²) in [5.74, 6) is -0.742. The predicted molar refractivity (Wildman–Crippen MR) is 57.2 cm³/mol. The predicted octanol–water partition coefficient (Wildman–Crippen LogP) is 2.20. The molecule has 1 N–H and O–H groups in total. The number of esters is 1. The number of rotatable bonds is 5. The number of ether oxygens (including phenoxy) is 1. The summed E-state index contributed by atoms with van der Waals surface area (Å²) in [6.07, 6.45) is 0.186. The number of aliphatic hydroxyl groups is 1. The topological polar surface area (TPSA) is 46.5 Å². The highest BCUT2D eigenvalue weighted by molar-refractivity contribution is 5.68. The lowest BCUT2D eigenvalue weighted by Gasteiger charge is -2.11. The van der Waals surface area contributed by atoms with Crippen LogP contribution >= 0.6 is 0 Å². The SMILES string of the molecule is COC(=O)CCCC(O)c1ccccc1F. The van der Waals surface area contributed by atoms with Crippen LogP contribution in [0.25, 0.3) is 0 Å². The second kappa shape index (κ2) is 6.23. The maximum Gasteiger partial charge on any atom is 0.305 e. The van der Waals surface area contributed by atoms with Crippen molar-refractivity contribution in [1.82, 2.24) is 0 Å². The van der Waals surface area contributed by atoms with Crippen LogP contribution < -0.4 is 0 Å². The molecule has 1 aromatic rings. The molecular formula is C12H15FO3. The van der Waals surface area contributed by atoms with Crippen molar-refractivity contribution in [2.75, 3.05) is 7.11 Å². The van der Waals surface area contributed by atoms with Crippen molar-refractivity contribution in [2.24, 2.45) is 0 Å². The second-order valence-electron chi connectivity index (χ2n) is 3.51. The third-order valence-corrected chi connectivity index (χ3v) is 2.35. The van der Waals surface area contributed by atoms with Crippen LogP contribution in [0.5, 0.6) is 0 Å². The zero-order valence-electron chi connectivity index (χ0n) is 9.15. The van der Waals surface area contributed by atoms with Crippen molar-refractivity contribution in [1.29, 1.82) is 0 Å². The molecule has 3 nitrogen and oxygen atoms in total. The third kappa shape index (κ3) is 3.62. The van der Waals surface area contributed by atoms with Crippen LogP contribution in [0.1, 0.15) is 30.9 Å². The lowest BCUT2D eigenvalue weighted by atomic mass is 10.0. The fourth-order valence-corrected chi connectivity index (χ4v) is 1.44. The van der Waals surface area contributed by atoms with E-state index in [4.69, 9.17) is 0 Å². The van der Waals surface area contributed by atoms with Crippen LogP contribution in [0.15, 0.2) is 24.3 Å². The molecule has 0 saturated heterocycles. The van der Waals surface area contributed by atoms with E-state index in [1.807, 2.05) is 0 Å². The van der Waals surface area contributed by atoms with Crippen molar-refractivity contribution < 1.29 is 19.0 Å². The van der Waals surface area contributed by atoms with Gasteiger partial charge >= 0.3 is 5.97 Å². The fraction of sp³-hybridized carbons (Fsp3) is 0.417. The molecule has 0 spiro atoms. The van der Waals surface area contributed by atoms with Crippen LogP contribution in [0.4, 0.5) is 4.39 Å². The molecule has 1 unspecified atom stereocenters. The molecule has 0 aliphatic heterocycles. The van der Waals surface area contributed by atoms with Crippen molar-refractivity contribution in [3.63, 3.8) is 0 Å². The number of benzene rings is 1. The van der Waals surface area contributed by atoms with Gasteiger partial charge in [0.15, 0.2) is 0 Å². The molecule has 0 aromatic heterocycles. The molecule has 0 aliphatic carbocycles. The van der Waals surface area contributed by atoms with E-state index in [2.05, 4.69) is 4.74 Å². The van der Waals surface area contributed by atoms with E-state index in [9.17, 15) is 14.3 Å². The summed E-state index contributed by atoms with van der Waals surface area (Å²) < 4.78 is 17.7. The lowest BCUT2D eigenvalue weighted by molar-refractivity contribution is -0.140. The molecule has 1 rings (SSSR count). The first kappa shape index (κ1) is 12.6. The minimum Gasteiger partial charge on any atom is -0.469 e. The Morgan fingerprint density at radius 1 is 1.50 bits per heavy atom. The minimum absolute atomic E-state index is 0.238. The summed E-state index contributed by atoms with van der Waals surface area (Å²) in [6.45, 7) is 0. The fourth-order valence-electron chi connectivity index (χ4n) is 1.44. The van der Waals surface area contributed by atoms with Gasteiger partial charge in [0.1, 0.15) is 5.82 Å². The first-order valence-electron chi connectivity index (χ1n) is 5.14. The van der Waals surface area contributed by atoms with Gasteiger partial charge in [-0.25, -0.2) is 4.39 Å². The molecule has 0 radical (unpaired) electrons. The summed E-state index contributed by atoms with van der Waals surface area (Å²) >= 11 is 0. The highest BCUT2D eigenvalue weighted by atomic mass is 19.1. The first-order valence-corrected chi connectivity index (χ1v) is 5.14. The number of carbonyl (C=O) groups is 1. The van der Waals surface area contributed by atoms with Gasteiger partial charge in [-0.2, -0.15) is 0 Å². The van der Waals surface area contributed by atoms with Crippen LogP contribution in [0.2, 0.25) is 0 Å². The maximum absolute atomic E-state index is 13.2. The summed E-state index contributed by atoms with van der Waals surface area (Å²) in [6, 6.07) is 6.08. The Morgan fingerprint density at radius 3 is 2.81 bits per heavy atom. The van der Waals surface area contributed by atoms with E-state index in [0.29, 0.717) is 12.8 Å². The van der Waals surface area contributed by atoms with Gasteiger partial charge in [0, 0.05) is 12.0 Å². The normalized spacial score (nSPS) is 12.2. The van der Waals surface area contributed by atoms with Gasteiger partial charge in [0.25, 0.3) is 0 Å². The second-order valence-corrected chi connectivity index (χ2v) is 3.51. The van der Waals surface area contributed by atoms with E-state index in [0.717, 1.165) is 0 Å². The number of carbonyl (C=O) groups excluding carboxylic acids is 1. The van der Waals surface area contributed by atoms with Crippen molar-refractivity contribution >= 4 is 5.97 Å². The number of methoxy groups -OCH3 is 1. The van der Waals surface area contributed by atoms with Crippen molar-refractivity contribution in [2.45, 2.75) is 25.4 Å². The van der Waals surface area contributed by atoms with E-state index in [1.165, 1.54) is 19.2 Å². The molecule has 1 atom stereocenters. The quantitative estimate of drug-likeness (QED) is 0.783. The van der Waals surface area contributed by atoms with Gasteiger partial charge < -0.3 is 9.84 Å². The Bertz CT molecular complexity index is 352. The average Bonchev–Trinajstić information content (AvgIpc) is 2.29. The molecule has 0 heterocycles. The molecule has 16 heavy (non-hydrogen) atoms. The Hall–Kier alpha value is -1.42. The summed E-state index contributed by atoms with van der Waals surface area (Å²) in [5, 5.41) is 9.69. The van der Waals surface area contributed by atoms with Gasteiger partial charge in [0.2, 0.25) is 0 Å². The summed E-state index contributed by atoms with van der Waals surface area (Å²) in [4.78, 5) is 10.8. The maximum atomic E-state index is 13.2. The molecule has 0 saturated carbocycles. The lowest BCUT2D eigenvalue weighted by Crippen LogP contribution is -2.04. The number of halogens is 1. The van der Waals surface area contributed by atoms with Gasteiger partial charge in [-0.1, -0.05) is 18.2 Å². The zero-order chi connectivity index (χ0) is 12.0.